The number of fused-ring (bicyclic) bond motifs is 1. The quantitative estimate of drug-likeness (QED) is 0.652. The minimum Gasteiger partial charge on any atom is -0.464 e. The Labute approximate surface area is 89.2 Å². The van der Waals surface area contributed by atoms with Crippen LogP contribution in [-0.2, 0) is 14.9 Å². The first-order valence-electron chi connectivity index (χ1n) is 5.33. The van der Waals surface area contributed by atoms with E-state index in [2.05, 4.69) is 38.1 Å². The van der Waals surface area contributed by atoms with Gasteiger partial charge in [0.05, 0.1) is 6.61 Å². The summed E-state index contributed by atoms with van der Waals surface area (Å²) in [6.45, 7) is 4.78. The monoisotopic (exact) mass is 202 g/mol. The van der Waals surface area contributed by atoms with E-state index in [4.69, 9.17) is 4.74 Å². The van der Waals surface area contributed by atoms with E-state index in [0.29, 0.717) is 6.61 Å². The highest BCUT2D eigenvalue weighted by Gasteiger charge is 2.75. The van der Waals surface area contributed by atoms with Gasteiger partial charge in [0.15, 0.2) is 0 Å². The Bertz CT molecular complexity index is 434. The van der Waals surface area contributed by atoms with Crippen LogP contribution < -0.4 is 0 Å². The molecule has 15 heavy (non-hydrogen) atoms. The molecule has 1 aromatic rings. The van der Waals surface area contributed by atoms with Crippen LogP contribution in [-0.4, -0.2) is 12.6 Å². The zero-order valence-electron chi connectivity index (χ0n) is 9.04. The van der Waals surface area contributed by atoms with Crippen LogP contribution in [0.4, 0.5) is 0 Å². The van der Waals surface area contributed by atoms with Gasteiger partial charge in [0.25, 0.3) is 0 Å². The lowest BCUT2D eigenvalue weighted by atomic mass is 9.89. The molecule has 2 aliphatic rings. The molecule has 2 heteroatoms. The summed E-state index contributed by atoms with van der Waals surface area (Å²) in [7, 11) is 0. The molecule has 0 bridgehead atoms. The second-order valence-corrected chi connectivity index (χ2v) is 5.08. The van der Waals surface area contributed by atoms with Crippen LogP contribution in [0.5, 0.6) is 0 Å². The lowest BCUT2D eigenvalue weighted by Gasteiger charge is -2.11. The van der Waals surface area contributed by atoms with E-state index in [1.165, 1.54) is 5.56 Å². The van der Waals surface area contributed by atoms with Gasteiger partial charge < -0.3 is 4.74 Å². The minimum atomic E-state index is -0.319. The number of carbonyl (C=O) groups is 1. The molecular weight excluding hydrogens is 188 g/mol. The van der Waals surface area contributed by atoms with Gasteiger partial charge in [-0.2, -0.15) is 0 Å². The molecule has 2 atom stereocenters. The number of benzene rings is 1. The molecule has 1 aliphatic heterocycles. The summed E-state index contributed by atoms with van der Waals surface area (Å²) >= 11 is 0. The van der Waals surface area contributed by atoms with Crippen molar-refractivity contribution in [3.63, 3.8) is 0 Å². The Morgan fingerprint density at radius 3 is 2.40 bits per heavy atom. The lowest BCUT2D eigenvalue weighted by molar-refractivity contribution is -0.142. The largest absolute Gasteiger partial charge is 0.464 e. The zero-order valence-corrected chi connectivity index (χ0v) is 9.04. The Hall–Kier alpha value is -1.31. The van der Waals surface area contributed by atoms with Gasteiger partial charge in [0.2, 0.25) is 0 Å². The maximum Gasteiger partial charge on any atom is 0.317 e. The van der Waals surface area contributed by atoms with Crippen molar-refractivity contribution in [3.05, 3.63) is 35.4 Å². The molecule has 3 rings (SSSR count). The highest BCUT2D eigenvalue weighted by molar-refractivity contribution is 5.91. The summed E-state index contributed by atoms with van der Waals surface area (Å²) in [5.41, 5.74) is 2.09. The smallest absolute Gasteiger partial charge is 0.317 e. The molecule has 2 nitrogen and oxygen atoms in total. The fourth-order valence-electron chi connectivity index (χ4n) is 2.79. The van der Waals surface area contributed by atoms with Crippen LogP contribution in [0.2, 0.25) is 0 Å². The number of esters is 1. The Kier molecular flexibility index (Phi) is 1.45. The van der Waals surface area contributed by atoms with Gasteiger partial charge in [-0.15, -0.1) is 0 Å². The third-order valence-electron chi connectivity index (χ3n) is 3.98. The zero-order chi connectivity index (χ0) is 10.7. The number of rotatable bonds is 1. The molecule has 0 spiro atoms. The standard InChI is InChI=1S/C13H14O2/c1-9-3-5-10(6-4-9)13-7-12(13,2)8-15-11(13)14/h3-6H,7-8H2,1-2H3/t12-,13-/m0/s1. The van der Waals surface area contributed by atoms with Crippen molar-refractivity contribution in [1.82, 2.24) is 0 Å². The second kappa shape index (κ2) is 2.43. The van der Waals surface area contributed by atoms with Crippen molar-refractivity contribution >= 4 is 5.97 Å². The van der Waals surface area contributed by atoms with Crippen LogP contribution in [0.15, 0.2) is 24.3 Å². The molecule has 0 N–H and O–H groups in total. The van der Waals surface area contributed by atoms with E-state index < -0.39 is 0 Å². The molecule has 0 amide bonds. The van der Waals surface area contributed by atoms with Gasteiger partial charge in [0, 0.05) is 5.41 Å². The topological polar surface area (TPSA) is 26.3 Å². The highest BCUT2D eigenvalue weighted by atomic mass is 16.5. The number of hydrogen-bond donors (Lipinski definition) is 0. The third kappa shape index (κ3) is 0.921. The SMILES string of the molecule is Cc1ccc([C@]23C[C@@]2(C)COC3=O)cc1. The molecule has 1 saturated carbocycles. The lowest BCUT2D eigenvalue weighted by Crippen LogP contribution is -2.20. The molecule has 2 fully saturated rings. The van der Waals surface area contributed by atoms with E-state index in [-0.39, 0.29) is 16.8 Å². The maximum atomic E-state index is 11.8. The fraction of sp³-hybridized carbons (Fsp3) is 0.462. The van der Waals surface area contributed by atoms with Crippen LogP contribution in [0, 0.1) is 12.3 Å². The van der Waals surface area contributed by atoms with Crippen molar-refractivity contribution in [1.29, 1.82) is 0 Å². The normalized spacial score (nSPS) is 37.3. The first kappa shape index (κ1) is 8.96. The van der Waals surface area contributed by atoms with Gasteiger partial charge in [-0.05, 0) is 18.9 Å². The van der Waals surface area contributed by atoms with Gasteiger partial charge in [0.1, 0.15) is 5.41 Å². The maximum absolute atomic E-state index is 11.8. The molecule has 1 aromatic carbocycles. The van der Waals surface area contributed by atoms with Crippen LogP contribution in [0.3, 0.4) is 0 Å². The molecule has 1 saturated heterocycles. The predicted octanol–water partition coefficient (Wildman–Crippen LogP) is 2.20. The van der Waals surface area contributed by atoms with Crippen molar-refractivity contribution in [2.24, 2.45) is 5.41 Å². The number of carbonyl (C=O) groups excluding carboxylic acids is 1. The first-order valence-corrected chi connectivity index (χ1v) is 5.33. The van der Waals surface area contributed by atoms with E-state index in [9.17, 15) is 4.79 Å². The summed E-state index contributed by atoms with van der Waals surface area (Å²) in [4.78, 5) is 11.8. The Morgan fingerprint density at radius 1 is 1.27 bits per heavy atom. The van der Waals surface area contributed by atoms with E-state index in [0.717, 1.165) is 12.0 Å². The number of ether oxygens (including phenoxy) is 1. The molecule has 0 radical (unpaired) electrons. The third-order valence-corrected chi connectivity index (χ3v) is 3.98. The van der Waals surface area contributed by atoms with Crippen LogP contribution in [0.1, 0.15) is 24.5 Å². The summed E-state index contributed by atoms with van der Waals surface area (Å²) in [5.74, 6) is -0.0335. The van der Waals surface area contributed by atoms with E-state index in [1.807, 2.05) is 0 Å². The molecule has 1 heterocycles. The van der Waals surface area contributed by atoms with Crippen molar-refractivity contribution in [3.8, 4) is 0 Å². The summed E-state index contributed by atoms with van der Waals surface area (Å²) in [6, 6.07) is 8.25. The first-order chi connectivity index (χ1) is 7.08. The molecule has 1 aliphatic carbocycles. The van der Waals surface area contributed by atoms with Crippen molar-refractivity contribution < 1.29 is 9.53 Å². The average molecular weight is 202 g/mol. The highest BCUT2D eigenvalue weighted by Crippen LogP contribution is 2.68. The fourth-order valence-corrected chi connectivity index (χ4v) is 2.79. The second-order valence-electron chi connectivity index (χ2n) is 5.08. The molecule has 78 valence electrons. The average Bonchev–Trinajstić information content (AvgIpc) is 2.77. The summed E-state index contributed by atoms with van der Waals surface area (Å²) < 4.78 is 5.17. The van der Waals surface area contributed by atoms with Gasteiger partial charge >= 0.3 is 5.97 Å². The van der Waals surface area contributed by atoms with Gasteiger partial charge in [-0.3, -0.25) is 4.79 Å². The summed E-state index contributed by atoms with van der Waals surface area (Å²) in [6.07, 6.45) is 0.946. The minimum absolute atomic E-state index is 0.0335. The molecule has 0 aromatic heterocycles. The van der Waals surface area contributed by atoms with Crippen molar-refractivity contribution in [2.45, 2.75) is 25.7 Å². The van der Waals surface area contributed by atoms with Gasteiger partial charge in [-0.25, -0.2) is 0 Å². The number of hydrogen-bond acceptors (Lipinski definition) is 2. The van der Waals surface area contributed by atoms with Crippen LogP contribution in [0.25, 0.3) is 0 Å². The summed E-state index contributed by atoms with van der Waals surface area (Å²) in [5, 5.41) is 0. The number of aryl methyl sites for hydroxylation is 1. The molecule has 0 unspecified atom stereocenters. The number of cyclic esters (lactones) is 1. The Balaban J connectivity index is 2.08. The van der Waals surface area contributed by atoms with Crippen molar-refractivity contribution in [2.75, 3.05) is 6.61 Å². The van der Waals surface area contributed by atoms with E-state index >= 15 is 0 Å². The van der Waals surface area contributed by atoms with E-state index in [1.54, 1.807) is 0 Å². The molecular formula is C13H14O2. The Morgan fingerprint density at radius 2 is 1.93 bits per heavy atom. The van der Waals surface area contributed by atoms with Gasteiger partial charge in [-0.1, -0.05) is 36.8 Å². The van der Waals surface area contributed by atoms with Crippen LogP contribution >= 0.6 is 0 Å². The predicted molar refractivity (Wildman–Crippen MR) is 56.5 cm³/mol.